The predicted molar refractivity (Wildman–Crippen MR) is 79.4 cm³/mol. The predicted octanol–water partition coefficient (Wildman–Crippen LogP) is 3.86. The van der Waals surface area contributed by atoms with Crippen LogP contribution >= 0.6 is 15.9 Å². The third-order valence-corrected chi connectivity index (χ3v) is 3.42. The lowest BCUT2D eigenvalue weighted by Crippen LogP contribution is -2.22. The maximum Gasteiger partial charge on any atom is 0.183 e. The summed E-state index contributed by atoms with van der Waals surface area (Å²) in [6.07, 6.45) is 1.55. The minimum Gasteiger partial charge on any atom is -0.337 e. The van der Waals surface area contributed by atoms with Crippen LogP contribution in [0.4, 0.5) is 15.8 Å². The molecule has 2 aromatic rings. The molecule has 0 saturated carbocycles. The second kappa shape index (κ2) is 5.72. The lowest BCUT2D eigenvalue weighted by atomic mass is 10.3. The van der Waals surface area contributed by atoms with Gasteiger partial charge in [0.15, 0.2) is 5.82 Å². The molecule has 0 aromatic heterocycles. The van der Waals surface area contributed by atoms with Crippen LogP contribution in [0.5, 0.6) is 0 Å². The van der Waals surface area contributed by atoms with E-state index in [1.165, 1.54) is 17.2 Å². The Kier molecular flexibility index (Phi) is 3.78. The molecule has 0 saturated heterocycles. The van der Waals surface area contributed by atoms with Gasteiger partial charge in [-0.15, -0.1) is 4.94 Å². The minimum absolute atomic E-state index is 0.311. The number of hydrogen-bond acceptors (Lipinski definition) is 5. The highest BCUT2D eigenvalue weighted by atomic mass is 79.9. The third-order valence-electron chi connectivity index (χ3n) is 2.81. The Labute approximate surface area is 128 Å². The summed E-state index contributed by atoms with van der Waals surface area (Å²) in [5.41, 5.74) is 1.36. The maximum absolute atomic E-state index is 13.2. The fourth-order valence-electron chi connectivity index (χ4n) is 1.80. The van der Waals surface area contributed by atoms with Gasteiger partial charge in [-0.1, -0.05) is 23.4 Å². The highest BCUT2D eigenvalue weighted by molar-refractivity contribution is 9.10. The quantitative estimate of drug-likeness (QED) is 0.879. The molecule has 0 unspecified atom stereocenters. The molecule has 108 valence electrons. The van der Waals surface area contributed by atoms with Gasteiger partial charge in [-0.3, -0.25) is 5.21 Å². The van der Waals surface area contributed by atoms with E-state index in [0.29, 0.717) is 21.2 Å². The molecule has 0 spiro atoms. The fourth-order valence-corrected chi connectivity index (χ4v) is 2.17. The Hall–Kier alpha value is -2.09. The Balaban J connectivity index is 1.81. The van der Waals surface area contributed by atoms with E-state index >= 15 is 0 Å². The van der Waals surface area contributed by atoms with Crippen LogP contribution in [-0.4, -0.2) is 10.4 Å². The van der Waals surface area contributed by atoms with E-state index in [2.05, 4.69) is 21.2 Å². The van der Waals surface area contributed by atoms with Gasteiger partial charge in [-0.2, -0.15) is 5.06 Å². The van der Waals surface area contributed by atoms with E-state index in [1.807, 2.05) is 30.3 Å². The number of nitrogens with zero attached hydrogens (tertiary/aromatic N) is 2. The molecule has 5 nitrogen and oxygen atoms in total. The molecule has 0 atom stereocenters. The van der Waals surface area contributed by atoms with Gasteiger partial charge in [0.1, 0.15) is 5.82 Å². The molecule has 2 aromatic carbocycles. The topological polar surface area (TPSA) is 48.0 Å². The van der Waals surface area contributed by atoms with Crippen molar-refractivity contribution in [1.82, 2.24) is 5.23 Å². The zero-order valence-electron chi connectivity index (χ0n) is 10.7. The van der Waals surface area contributed by atoms with Gasteiger partial charge in [-0.05, 0) is 46.3 Å². The monoisotopic (exact) mass is 351 g/mol. The van der Waals surface area contributed by atoms with Crippen molar-refractivity contribution in [3.05, 3.63) is 70.8 Å². The molecule has 0 radical (unpaired) electrons. The van der Waals surface area contributed by atoms with Gasteiger partial charge in [-0.25, -0.2) is 4.39 Å². The van der Waals surface area contributed by atoms with Crippen molar-refractivity contribution in [2.75, 3.05) is 10.4 Å². The van der Waals surface area contributed by atoms with Crippen molar-refractivity contribution < 1.29 is 14.5 Å². The van der Waals surface area contributed by atoms with Crippen LogP contribution < -0.4 is 10.4 Å². The summed E-state index contributed by atoms with van der Waals surface area (Å²) in [6.45, 7) is 0. The third kappa shape index (κ3) is 2.99. The molecular weight excluding hydrogens is 341 g/mol. The first-order valence-electron chi connectivity index (χ1n) is 6.09. The van der Waals surface area contributed by atoms with E-state index in [0.717, 1.165) is 5.69 Å². The first-order valence-corrected chi connectivity index (χ1v) is 6.88. The Morgan fingerprint density at radius 2 is 1.90 bits per heavy atom. The van der Waals surface area contributed by atoms with Crippen LogP contribution in [0.25, 0.3) is 0 Å². The molecule has 0 fully saturated rings. The smallest absolute Gasteiger partial charge is 0.183 e. The second-order valence-electron chi connectivity index (χ2n) is 4.28. The lowest BCUT2D eigenvalue weighted by molar-refractivity contribution is -0.302. The number of hydroxylamine groups is 3. The van der Waals surface area contributed by atoms with Crippen LogP contribution in [0.1, 0.15) is 0 Å². The molecule has 0 bridgehead atoms. The summed E-state index contributed by atoms with van der Waals surface area (Å²) >= 11 is 3.11. The van der Waals surface area contributed by atoms with Crippen molar-refractivity contribution in [3.63, 3.8) is 0 Å². The molecule has 1 aliphatic rings. The number of hydrogen-bond donors (Lipinski definition) is 2. The zero-order chi connectivity index (χ0) is 14.8. The molecule has 3 rings (SSSR count). The van der Waals surface area contributed by atoms with E-state index in [9.17, 15) is 9.60 Å². The van der Waals surface area contributed by atoms with Gasteiger partial charge < -0.3 is 5.32 Å². The van der Waals surface area contributed by atoms with Crippen molar-refractivity contribution in [1.29, 1.82) is 0 Å². The summed E-state index contributed by atoms with van der Waals surface area (Å²) in [6, 6.07) is 13.7. The number of halogens is 2. The number of rotatable bonds is 3. The molecule has 1 aliphatic heterocycles. The van der Waals surface area contributed by atoms with Gasteiger partial charge >= 0.3 is 0 Å². The number of benzene rings is 2. The molecule has 21 heavy (non-hydrogen) atoms. The minimum atomic E-state index is -0.370. The van der Waals surface area contributed by atoms with Crippen molar-refractivity contribution in [2.45, 2.75) is 0 Å². The van der Waals surface area contributed by atoms with Crippen molar-refractivity contribution in [3.8, 4) is 0 Å². The average molecular weight is 352 g/mol. The summed E-state index contributed by atoms with van der Waals surface area (Å²) in [5, 5.41) is 14.7. The zero-order valence-corrected chi connectivity index (χ0v) is 12.3. The summed E-state index contributed by atoms with van der Waals surface area (Å²) < 4.78 is 13.5. The van der Waals surface area contributed by atoms with E-state index < -0.39 is 0 Å². The van der Waals surface area contributed by atoms with Crippen LogP contribution in [0.2, 0.25) is 0 Å². The second-order valence-corrected chi connectivity index (χ2v) is 5.14. The summed E-state index contributed by atoms with van der Waals surface area (Å²) in [5.74, 6) is -0.0351. The molecule has 7 heteroatoms. The van der Waals surface area contributed by atoms with Crippen LogP contribution in [0.3, 0.4) is 0 Å². The van der Waals surface area contributed by atoms with E-state index in [-0.39, 0.29) is 5.82 Å². The van der Waals surface area contributed by atoms with E-state index in [1.54, 1.807) is 12.3 Å². The van der Waals surface area contributed by atoms with Crippen LogP contribution in [0, 0.1) is 5.82 Å². The highest BCUT2D eigenvalue weighted by Crippen LogP contribution is 2.28. The van der Waals surface area contributed by atoms with Crippen molar-refractivity contribution in [2.24, 2.45) is 0 Å². The standard InChI is InChI=1S/C14H11BrFN3O2/c15-12-8-11(6-7-13(12)16)18-9-14(19(20)21-18)17-10-4-2-1-3-5-10/h1-9,17,20H. The molecule has 2 N–H and O–H groups in total. The Morgan fingerprint density at radius 1 is 1.14 bits per heavy atom. The first kappa shape index (κ1) is 13.9. The highest BCUT2D eigenvalue weighted by Gasteiger charge is 2.23. The van der Waals surface area contributed by atoms with Gasteiger partial charge in [0.25, 0.3) is 0 Å². The number of anilines is 2. The van der Waals surface area contributed by atoms with E-state index in [4.69, 9.17) is 4.94 Å². The molecule has 0 aliphatic carbocycles. The lowest BCUT2D eigenvalue weighted by Gasteiger charge is -2.16. The summed E-state index contributed by atoms with van der Waals surface area (Å²) in [4.78, 5) is 5.15. The van der Waals surface area contributed by atoms with Crippen molar-refractivity contribution >= 4 is 27.3 Å². The van der Waals surface area contributed by atoms with Crippen LogP contribution in [-0.2, 0) is 4.94 Å². The average Bonchev–Trinajstić information content (AvgIpc) is 2.84. The Morgan fingerprint density at radius 3 is 2.62 bits per heavy atom. The fraction of sp³-hybridized carbons (Fsp3) is 0. The Bertz CT molecular complexity index is 681. The number of para-hydroxylation sites is 1. The largest absolute Gasteiger partial charge is 0.337 e. The number of nitrogens with one attached hydrogen (secondary N) is 1. The molecule has 0 amide bonds. The first-order chi connectivity index (χ1) is 10.1. The van der Waals surface area contributed by atoms with Gasteiger partial charge in [0, 0.05) is 5.69 Å². The normalized spacial score (nSPS) is 14.3. The van der Waals surface area contributed by atoms with Gasteiger partial charge in [0.2, 0.25) is 0 Å². The maximum atomic E-state index is 13.2. The summed E-state index contributed by atoms with van der Waals surface area (Å²) in [7, 11) is 0. The molecular formula is C14H11BrFN3O2. The SMILES string of the molecule is ON1ON(c2ccc(F)c(Br)c2)C=C1Nc1ccccc1. The van der Waals surface area contributed by atoms with Gasteiger partial charge in [0.05, 0.1) is 16.4 Å². The molecule has 1 heterocycles. The van der Waals surface area contributed by atoms with Crippen LogP contribution in [0.15, 0.2) is 65.0 Å².